The third-order valence-electron chi connectivity index (χ3n) is 2.70. The molecule has 0 saturated heterocycles. The first-order valence-corrected chi connectivity index (χ1v) is 4.86. The van der Waals surface area contributed by atoms with Crippen molar-refractivity contribution < 1.29 is 4.79 Å². The summed E-state index contributed by atoms with van der Waals surface area (Å²) in [5.74, 6) is 0.834. The van der Waals surface area contributed by atoms with E-state index in [2.05, 4.69) is 12.2 Å². The Morgan fingerprint density at radius 3 is 2.77 bits per heavy atom. The van der Waals surface area contributed by atoms with Crippen LogP contribution in [-0.4, -0.2) is 12.5 Å². The molecule has 3 nitrogen and oxygen atoms in total. The molecule has 1 aliphatic rings. The summed E-state index contributed by atoms with van der Waals surface area (Å²) in [5, 5.41) is 11.4. The van der Waals surface area contributed by atoms with E-state index in [9.17, 15) is 4.79 Å². The lowest BCUT2D eigenvalue weighted by Gasteiger charge is -2.06. The molecule has 3 heteroatoms. The molecule has 72 valence electrons. The summed E-state index contributed by atoms with van der Waals surface area (Å²) in [5.41, 5.74) is 0. The molecule has 0 aliphatic heterocycles. The van der Waals surface area contributed by atoms with Crippen molar-refractivity contribution in [1.82, 2.24) is 5.32 Å². The molecule has 1 saturated carbocycles. The summed E-state index contributed by atoms with van der Waals surface area (Å²) < 4.78 is 0. The summed E-state index contributed by atoms with van der Waals surface area (Å²) in [6, 6.07) is 1.99. The van der Waals surface area contributed by atoms with E-state index in [0.29, 0.717) is 12.3 Å². The van der Waals surface area contributed by atoms with Crippen LogP contribution < -0.4 is 5.32 Å². The Kier molecular flexibility index (Phi) is 3.30. The molecule has 1 rings (SSSR count). The van der Waals surface area contributed by atoms with E-state index in [1.807, 2.05) is 13.0 Å². The molecule has 3 atom stereocenters. The Bertz CT molecular complexity index is 232. The van der Waals surface area contributed by atoms with Crippen LogP contribution in [0.3, 0.4) is 0 Å². The number of nitriles is 1. The van der Waals surface area contributed by atoms with Gasteiger partial charge in [0.1, 0.15) is 5.92 Å². The lowest BCUT2D eigenvalue weighted by atomic mass is 10.1. The number of amides is 1. The van der Waals surface area contributed by atoms with E-state index in [0.717, 1.165) is 12.5 Å². The van der Waals surface area contributed by atoms with Gasteiger partial charge in [0.05, 0.1) is 6.07 Å². The number of rotatable bonds is 4. The minimum atomic E-state index is -0.464. The first-order valence-electron chi connectivity index (χ1n) is 4.86. The molecule has 1 amide bonds. The van der Waals surface area contributed by atoms with Crippen LogP contribution in [0.25, 0.3) is 0 Å². The first-order chi connectivity index (χ1) is 6.19. The second kappa shape index (κ2) is 4.27. The normalized spacial score (nSPS) is 27.5. The van der Waals surface area contributed by atoms with Crippen molar-refractivity contribution in [2.45, 2.75) is 26.7 Å². The third kappa shape index (κ3) is 2.73. The number of carbonyl (C=O) groups is 1. The molecule has 0 heterocycles. The predicted octanol–water partition coefficient (Wildman–Crippen LogP) is 1.31. The van der Waals surface area contributed by atoms with Crippen molar-refractivity contribution in [3.05, 3.63) is 0 Å². The van der Waals surface area contributed by atoms with Crippen LogP contribution in [0.15, 0.2) is 0 Å². The molecule has 13 heavy (non-hydrogen) atoms. The Morgan fingerprint density at radius 1 is 1.77 bits per heavy atom. The van der Waals surface area contributed by atoms with Gasteiger partial charge >= 0.3 is 0 Å². The topological polar surface area (TPSA) is 52.9 Å². The lowest BCUT2D eigenvalue weighted by molar-refractivity contribution is -0.123. The van der Waals surface area contributed by atoms with Gasteiger partial charge in [0.15, 0.2) is 0 Å². The van der Waals surface area contributed by atoms with Gasteiger partial charge in [-0.2, -0.15) is 5.26 Å². The van der Waals surface area contributed by atoms with E-state index >= 15 is 0 Å². The third-order valence-corrected chi connectivity index (χ3v) is 2.70. The fourth-order valence-electron chi connectivity index (χ4n) is 1.37. The average Bonchev–Trinajstić information content (AvgIpc) is 2.81. The van der Waals surface area contributed by atoms with Crippen molar-refractivity contribution >= 4 is 5.91 Å². The van der Waals surface area contributed by atoms with Crippen LogP contribution >= 0.6 is 0 Å². The molecule has 0 bridgehead atoms. The molecule has 0 aromatic rings. The maximum absolute atomic E-state index is 11.3. The summed E-state index contributed by atoms with van der Waals surface area (Å²) in [6.07, 6.45) is 1.81. The molecule has 0 aromatic heterocycles. The van der Waals surface area contributed by atoms with E-state index in [4.69, 9.17) is 5.26 Å². The van der Waals surface area contributed by atoms with E-state index in [1.165, 1.54) is 6.42 Å². The number of nitrogens with zero attached hydrogens (tertiary/aromatic N) is 1. The highest BCUT2D eigenvalue weighted by molar-refractivity contribution is 5.80. The molecular formula is C10H16N2O. The predicted molar refractivity (Wildman–Crippen MR) is 49.7 cm³/mol. The highest BCUT2D eigenvalue weighted by Gasteiger charge is 2.32. The van der Waals surface area contributed by atoms with Crippen LogP contribution in [0.4, 0.5) is 0 Å². The van der Waals surface area contributed by atoms with Gasteiger partial charge in [-0.3, -0.25) is 4.79 Å². The van der Waals surface area contributed by atoms with Crippen molar-refractivity contribution in [2.24, 2.45) is 17.8 Å². The van der Waals surface area contributed by atoms with Gasteiger partial charge in [-0.1, -0.05) is 13.8 Å². The average molecular weight is 180 g/mol. The smallest absolute Gasteiger partial charge is 0.237 e. The van der Waals surface area contributed by atoms with E-state index < -0.39 is 5.92 Å². The van der Waals surface area contributed by atoms with Crippen molar-refractivity contribution in [2.75, 3.05) is 6.54 Å². The Labute approximate surface area is 79.1 Å². The second-order valence-electron chi connectivity index (χ2n) is 3.81. The molecule has 0 aromatic carbocycles. The first kappa shape index (κ1) is 10.0. The maximum atomic E-state index is 11.3. The SMILES string of the molecule is CCC(C#N)C(=O)NCC1CC1C. The molecular weight excluding hydrogens is 164 g/mol. The van der Waals surface area contributed by atoms with Crippen molar-refractivity contribution in [3.8, 4) is 6.07 Å². The van der Waals surface area contributed by atoms with Gasteiger partial charge in [-0.15, -0.1) is 0 Å². The number of hydrogen-bond donors (Lipinski definition) is 1. The molecule has 1 N–H and O–H groups in total. The van der Waals surface area contributed by atoms with Gasteiger partial charge in [0.2, 0.25) is 5.91 Å². The molecule has 1 fully saturated rings. The molecule has 0 radical (unpaired) electrons. The zero-order chi connectivity index (χ0) is 9.84. The standard InChI is InChI=1S/C10H16N2O/c1-3-8(5-11)10(13)12-6-9-4-7(9)2/h7-9H,3-4,6H2,1-2H3,(H,12,13). The fraction of sp³-hybridized carbons (Fsp3) is 0.800. The van der Waals surface area contributed by atoms with Gasteiger partial charge in [-0.05, 0) is 24.7 Å². The van der Waals surface area contributed by atoms with Gasteiger partial charge < -0.3 is 5.32 Å². The highest BCUT2D eigenvalue weighted by atomic mass is 16.1. The van der Waals surface area contributed by atoms with Gasteiger partial charge in [-0.25, -0.2) is 0 Å². The Balaban J connectivity index is 2.21. The minimum absolute atomic E-state index is 0.107. The van der Waals surface area contributed by atoms with Crippen molar-refractivity contribution in [3.63, 3.8) is 0 Å². The number of carbonyl (C=O) groups excluding carboxylic acids is 1. The summed E-state index contributed by atoms with van der Waals surface area (Å²) in [7, 11) is 0. The van der Waals surface area contributed by atoms with Crippen LogP contribution in [0.1, 0.15) is 26.7 Å². The van der Waals surface area contributed by atoms with Gasteiger partial charge in [0.25, 0.3) is 0 Å². The highest BCUT2D eigenvalue weighted by Crippen LogP contribution is 2.36. The van der Waals surface area contributed by atoms with Crippen LogP contribution in [0, 0.1) is 29.1 Å². The van der Waals surface area contributed by atoms with E-state index in [-0.39, 0.29) is 5.91 Å². The molecule has 3 unspecified atom stereocenters. The minimum Gasteiger partial charge on any atom is -0.355 e. The summed E-state index contributed by atoms with van der Waals surface area (Å²) in [4.78, 5) is 11.3. The van der Waals surface area contributed by atoms with Crippen LogP contribution in [0.2, 0.25) is 0 Å². The second-order valence-corrected chi connectivity index (χ2v) is 3.81. The summed E-state index contributed by atoms with van der Waals surface area (Å²) >= 11 is 0. The molecule has 1 aliphatic carbocycles. The van der Waals surface area contributed by atoms with E-state index in [1.54, 1.807) is 0 Å². The van der Waals surface area contributed by atoms with Crippen LogP contribution in [-0.2, 0) is 4.79 Å². The zero-order valence-corrected chi connectivity index (χ0v) is 8.21. The fourth-order valence-corrected chi connectivity index (χ4v) is 1.37. The maximum Gasteiger partial charge on any atom is 0.237 e. The number of nitrogens with one attached hydrogen (secondary N) is 1. The zero-order valence-electron chi connectivity index (χ0n) is 8.21. The monoisotopic (exact) mass is 180 g/mol. The van der Waals surface area contributed by atoms with Crippen molar-refractivity contribution in [1.29, 1.82) is 5.26 Å². The van der Waals surface area contributed by atoms with Gasteiger partial charge in [0, 0.05) is 6.54 Å². The summed E-state index contributed by atoms with van der Waals surface area (Å²) in [6.45, 7) is 4.78. The quantitative estimate of drug-likeness (QED) is 0.709. The largest absolute Gasteiger partial charge is 0.355 e. The number of hydrogen-bond acceptors (Lipinski definition) is 2. The lowest BCUT2D eigenvalue weighted by Crippen LogP contribution is -2.31. The molecule has 0 spiro atoms. The Morgan fingerprint density at radius 2 is 2.38 bits per heavy atom. The van der Waals surface area contributed by atoms with Crippen LogP contribution in [0.5, 0.6) is 0 Å². The Hall–Kier alpha value is -1.04.